The van der Waals surface area contributed by atoms with Crippen LogP contribution in [0.15, 0.2) is 12.4 Å². The zero-order chi connectivity index (χ0) is 16.4. The first-order chi connectivity index (χ1) is 11.0. The van der Waals surface area contributed by atoms with E-state index < -0.39 is 0 Å². The first-order valence-electron chi connectivity index (χ1n) is 8.05. The molecule has 3 rings (SSSR count). The normalized spacial score (nSPS) is 16.7. The minimum absolute atomic E-state index is 0.0333. The Balaban J connectivity index is 1.51. The quantitative estimate of drug-likeness (QED) is 0.897. The Morgan fingerprint density at radius 2 is 2.13 bits per heavy atom. The number of likely N-dealkylation sites (tertiary alicyclic amines) is 1. The molecule has 0 spiro atoms. The second kappa shape index (κ2) is 6.54. The summed E-state index contributed by atoms with van der Waals surface area (Å²) in [6.07, 6.45) is 6.01. The van der Waals surface area contributed by atoms with E-state index in [1.807, 2.05) is 33.3 Å². The molecule has 1 fully saturated rings. The monoisotopic (exact) mass is 316 g/mol. The number of carbonyl (C=O) groups excluding carboxylic acids is 1. The van der Waals surface area contributed by atoms with Crippen LogP contribution in [0.2, 0.25) is 0 Å². The molecule has 3 heterocycles. The number of nitrogens with one attached hydrogen (secondary N) is 2. The Morgan fingerprint density at radius 3 is 2.70 bits per heavy atom. The van der Waals surface area contributed by atoms with Crippen LogP contribution in [-0.2, 0) is 11.8 Å². The largest absolute Gasteiger partial charge is 0.322 e. The molecule has 0 saturated carbocycles. The van der Waals surface area contributed by atoms with Crippen LogP contribution in [0.4, 0.5) is 5.69 Å². The van der Waals surface area contributed by atoms with Crippen molar-refractivity contribution in [2.45, 2.75) is 32.6 Å². The van der Waals surface area contributed by atoms with Gasteiger partial charge in [-0.25, -0.2) is 0 Å². The van der Waals surface area contributed by atoms with E-state index in [2.05, 4.69) is 25.5 Å². The van der Waals surface area contributed by atoms with Gasteiger partial charge in [-0.2, -0.15) is 10.2 Å². The highest BCUT2D eigenvalue weighted by Crippen LogP contribution is 2.27. The highest BCUT2D eigenvalue weighted by Gasteiger charge is 2.23. The number of aromatic nitrogens is 4. The zero-order valence-corrected chi connectivity index (χ0v) is 14.0. The summed E-state index contributed by atoms with van der Waals surface area (Å²) in [5.41, 5.74) is 3.95. The molecule has 0 aliphatic carbocycles. The molecule has 2 aromatic rings. The second-order valence-corrected chi connectivity index (χ2v) is 6.30. The average Bonchev–Trinajstić information content (AvgIpc) is 3.13. The van der Waals surface area contributed by atoms with Crippen LogP contribution in [0.1, 0.15) is 35.7 Å². The number of hydrogen-bond donors (Lipinski definition) is 2. The standard InChI is InChI=1S/C16H24N6O/c1-11-16(12(2)21(3)20-11)19-15(23)10-22-6-4-13(5-7-22)14-8-17-18-9-14/h8-9,13H,4-7,10H2,1-3H3,(H,17,18)(H,19,23). The Bertz CT molecular complexity index is 667. The molecule has 1 aliphatic rings. The second-order valence-electron chi connectivity index (χ2n) is 6.30. The maximum absolute atomic E-state index is 12.3. The predicted octanol–water partition coefficient (Wildman–Crippen LogP) is 1.58. The van der Waals surface area contributed by atoms with Gasteiger partial charge in [-0.05, 0) is 51.3 Å². The van der Waals surface area contributed by atoms with Crippen molar-refractivity contribution in [1.29, 1.82) is 0 Å². The fraction of sp³-hybridized carbons (Fsp3) is 0.562. The van der Waals surface area contributed by atoms with Crippen LogP contribution >= 0.6 is 0 Å². The summed E-state index contributed by atoms with van der Waals surface area (Å²) in [4.78, 5) is 14.5. The molecule has 0 bridgehead atoms. The van der Waals surface area contributed by atoms with Crippen molar-refractivity contribution < 1.29 is 4.79 Å². The molecule has 7 heteroatoms. The lowest BCUT2D eigenvalue weighted by Crippen LogP contribution is -2.38. The van der Waals surface area contributed by atoms with Crippen molar-refractivity contribution in [1.82, 2.24) is 24.9 Å². The molecule has 0 radical (unpaired) electrons. The van der Waals surface area contributed by atoms with E-state index in [0.717, 1.165) is 43.0 Å². The van der Waals surface area contributed by atoms with Crippen molar-refractivity contribution >= 4 is 11.6 Å². The van der Waals surface area contributed by atoms with Gasteiger partial charge in [-0.3, -0.25) is 19.5 Å². The Morgan fingerprint density at radius 1 is 1.39 bits per heavy atom. The van der Waals surface area contributed by atoms with Gasteiger partial charge in [0, 0.05) is 13.2 Å². The fourth-order valence-corrected chi connectivity index (χ4v) is 3.25. The third-order valence-corrected chi connectivity index (χ3v) is 4.72. The Labute approximate surface area is 136 Å². The maximum atomic E-state index is 12.3. The number of aryl methyl sites for hydroxylation is 2. The van der Waals surface area contributed by atoms with E-state index in [1.165, 1.54) is 5.56 Å². The Hall–Kier alpha value is -2.15. The molecular formula is C16H24N6O. The van der Waals surface area contributed by atoms with Gasteiger partial charge in [-0.1, -0.05) is 0 Å². The molecule has 2 N–H and O–H groups in total. The van der Waals surface area contributed by atoms with Gasteiger partial charge in [0.2, 0.25) is 5.91 Å². The molecule has 7 nitrogen and oxygen atoms in total. The first kappa shape index (κ1) is 15.7. The van der Waals surface area contributed by atoms with Crippen molar-refractivity contribution in [3.8, 4) is 0 Å². The summed E-state index contributed by atoms with van der Waals surface area (Å²) in [5.74, 6) is 0.585. The first-order valence-corrected chi connectivity index (χ1v) is 8.05. The Kier molecular flexibility index (Phi) is 4.47. The minimum atomic E-state index is 0.0333. The molecule has 23 heavy (non-hydrogen) atoms. The molecular weight excluding hydrogens is 292 g/mol. The lowest BCUT2D eigenvalue weighted by Gasteiger charge is -2.30. The summed E-state index contributed by atoms with van der Waals surface area (Å²) < 4.78 is 1.79. The number of H-pyrrole nitrogens is 1. The van der Waals surface area contributed by atoms with E-state index in [9.17, 15) is 4.79 Å². The molecule has 0 aromatic carbocycles. The SMILES string of the molecule is Cc1nn(C)c(C)c1NC(=O)CN1CCC(c2cn[nH]c2)CC1. The van der Waals surface area contributed by atoms with E-state index >= 15 is 0 Å². The van der Waals surface area contributed by atoms with Gasteiger partial charge in [-0.15, -0.1) is 0 Å². The van der Waals surface area contributed by atoms with Crippen molar-refractivity contribution in [2.75, 3.05) is 25.0 Å². The molecule has 124 valence electrons. The van der Waals surface area contributed by atoms with Gasteiger partial charge in [0.15, 0.2) is 0 Å². The van der Waals surface area contributed by atoms with Gasteiger partial charge in [0.05, 0.1) is 29.8 Å². The molecule has 0 unspecified atom stereocenters. The molecule has 1 aliphatic heterocycles. The number of nitrogens with zero attached hydrogens (tertiary/aromatic N) is 4. The number of aromatic amines is 1. The highest BCUT2D eigenvalue weighted by molar-refractivity contribution is 5.93. The maximum Gasteiger partial charge on any atom is 0.238 e. The van der Waals surface area contributed by atoms with Crippen LogP contribution in [0.5, 0.6) is 0 Å². The lowest BCUT2D eigenvalue weighted by molar-refractivity contribution is -0.117. The average molecular weight is 316 g/mol. The summed E-state index contributed by atoms with van der Waals surface area (Å²) >= 11 is 0. The smallest absolute Gasteiger partial charge is 0.238 e. The minimum Gasteiger partial charge on any atom is -0.322 e. The molecule has 2 aromatic heterocycles. The van der Waals surface area contributed by atoms with Crippen LogP contribution in [0.3, 0.4) is 0 Å². The van der Waals surface area contributed by atoms with Crippen LogP contribution in [0.25, 0.3) is 0 Å². The summed E-state index contributed by atoms with van der Waals surface area (Å²) in [5, 5.41) is 14.2. The van der Waals surface area contributed by atoms with E-state index in [1.54, 1.807) is 4.68 Å². The molecule has 0 atom stereocenters. The summed E-state index contributed by atoms with van der Waals surface area (Å²) in [7, 11) is 1.89. The number of hydrogen-bond acceptors (Lipinski definition) is 4. The van der Waals surface area contributed by atoms with Gasteiger partial charge >= 0.3 is 0 Å². The van der Waals surface area contributed by atoms with Crippen molar-refractivity contribution in [3.63, 3.8) is 0 Å². The number of rotatable bonds is 4. The van der Waals surface area contributed by atoms with Gasteiger partial charge in [0.25, 0.3) is 0 Å². The van der Waals surface area contributed by atoms with Gasteiger partial charge in [0.1, 0.15) is 0 Å². The number of anilines is 1. The lowest BCUT2D eigenvalue weighted by atomic mass is 9.91. The van der Waals surface area contributed by atoms with Crippen LogP contribution < -0.4 is 5.32 Å². The number of piperidine rings is 1. The van der Waals surface area contributed by atoms with E-state index in [4.69, 9.17) is 0 Å². The van der Waals surface area contributed by atoms with Gasteiger partial charge < -0.3 is 5.32 Å². The fourth-order valence-electron chi connectivity index (χ4n) is 3.25. The predicted molar refractivity (Wildman–Crippen MR) is 88.3 cm³/mol. The number of amides is 1. The van der Waals surface area contributed by atoms with Crippen molar-refractivity contribution in [2.24, 2.45) is 7.05 Å². The highest BCUT2D eigenvalue weighted by atomic mass is 16.2. The zero-order valence-electron chi connectivity index (χ0n) is 14.0. The summed E-state index contributed by atoms with van der Waals surface area (Å²) in [6, 6.07) is 0. The topological polar surface area (TPSA) is 78.8 Å². The third kappa shape index (κ3) is 3.44. The van der Waals surface area contributed by atoms with Crippen molar-refractivity contribution in [3.05, 3.63) is 29.3 Å². The van der Waals surface area contributed by atoms with E-state index in [0.29, 0.717) is 12.5 Å². The van der Waals surface area contributed by atoms with E-state index in [-0.39, 0.29) is 5.91 Å². The van der Waals surface area contributed by atoms with Crippen LogP contribution in [-0.4, -0.2) is 50.4 Å². The molecule has 1 saturated heterocycles. The summed E-state index contributed by atoms with van der Waals surface area (Å²) in [6.45, 7) is 6.19. The third-order valence-electron chi connectivity index (χ3n) is 4.72. The van der Waals surface area contributed by atoms with Crippen LogP contribution in [0, 0.1) is 13.8 Å². The number of carbonyl (C=O) groups is 1. The molecule has 1 amide bonds.